The van der Waals surface area contributed by atoms with E-state index >= 15 is 0 Å². The lowest BCUT2D eigenvalue weighted by atomic mass is 10.2. The lowest BCUT2D eigenvalue weighted by Crippen LogP contribution is -1.94. The molecule has 0 unspecified atom stereocenters. The number of nitrogens with zero attached hydrogens (tertiary/aromatic N) is 2. The predicted molar refractivity (Wildman–Crippen MR) is 81.0 cm³/mol. The minimum Gasteiger partial charge on any atom is -0.396 e. The van der Waals surface area contributed by atoms with Crippen molar-refractivity contribution in [2.75, 3.05) is 5.73 Å². The number of aromatic nitrogens is 2. The Hall–Kier alpha value is -1.78. The third kappa shape index (κ3) is 2.37. The monoisotopic (exact) mass is 289 g/mol. The van der Waals surface area contributed by atoms with E-state index in [0.29, 0.717) is 5.69 Å². The summed E-state index contributed by atoms with van der Waals surface area (Å²) in [6.45, 7) is 2.06. The maximum atomic E-state index is 6.03. The summed E-state index contributed by atoms with van der Waals surface area (Å²) in [6, 6.07) is 11.9. The summed E-state index contributed by atoms with van der Waals surface area (Å²) in [4.78, 5) is 0.980. The summed E-state index contributed by atoms with van der Waals surface area (Å²) in [7, 11) is 0. The Morgan fingerprint density at radius 3 is 2.53 bits per heavy atom. The number of nitrogens with two attached hydrogens (primary N) is 1. The van der Waals surface area contributed by atoms with Crippen LogP contribution in [-0.2, 0) is 0 Å². The first-order valence-electron chi connectivity index (χ1n) is 5.81. The molecule has 0 amide bonds. The molecule has 5 heteroatoms. The zero-order chi connectivity index (χ0) is 13.4. The van der Waals surface area contributed by atoms with Crippen LogP contribution < -0.4 is 5.73 Å². The van der Waals surface area contributed by atoms with Gasteiger partial charge in [0.05, 0.1) is 26.8 Å². The highest BCUT2D eigenvalue weighted by Crippen LogP contribution is 2.33. The summed E-state index contributed by atoms with van der Waals surface area (Å²) >= 11 is 7.42. The molecule has 1 aromatic carbocycles. The van der Waals surface area contributed by atoms with Crippen molar-refractivity contribution >= 4 is 28.6 Å². The summed E-state index contributed by atoms with van der Waals surface area (Å²) in [5.74, 6) is 0. The normalized spacial score (nSPS) is 10.8. The first-order chi connectivity index (χ1) is 9.13. The smallest absolute Gasteiger partial charge is 0.126 e. The van der Waals surface area contributed by atoms with Crippen LogP contribution >= 0.6 is 22.9 Å². The van der Waals surface area contributed by atoms with Gasteiger partial charge in [0.15, 0.2) is 0 Å². The molecular weight excluding hydrogens is 278 g/mol. The van der Waals surface area contributed by atoms with Gasteiger partial charge in [0.1, 0.15) is 5.69 Å². The van der Waals surface area contributed by atoms with Crippen molar-refractivity contribution in [3.63, 3.8) is 0 Å². The van der Waals surface area contributed by atoms with Gasteiger partial charge < -0.3 is 5.73 Å². The summed E-state index contributed by atoms with van der Waals surface area (Å²) in [5.41, 5.74) is 9.67. The number of aryl methyl sites for hydroxylation is 1. The molecule has 19 heavy (non-hydrogen) atoms. The standard InChI is InChI=1S/C14H12ClN3S/c1-9-2-4-10(5-3-9)18-8-11(16)14(17-18)12-6-7-13(15)19-12/h2-8H,16H2,1H3. The quantitative estimate of drug-likeness (QED) is 0.770. The molecule has 2 N–H and O–H groups in total. The molecule has 3 nitrogen and oxygen atoms in total. The van der Waals surface area contributed by atoms with E-state index in [4.69, 9.17) is 17.3 Å². The third-order valence-electron chi connectivity index (χ3n) is 2.85. The minimum absolute atomic E-state index is 0.652. The maximum absolute atomic E-state index is 6.03. The molecule has 0 radical (unpaired) electrons. The molecule has 0 bridgehead atoms. The van der Waals surface area contributed by atoms with Crippen LogP contribution in [0.4, 0.5) is 5.69 Å². The first kappa shape index (κ1) is 12.3. The van der Waals surface area contributed by atoms with E-state index < -0.39 is 0 Å². The van der Waals surface area contributed by atoms with Crippen LogP contribution in [0.5, 0.6) is 0 Å². The van der Waals surface area contributed by atoms with Crippen molar-refractivity contribution in [3.8, 4) is 16.3 Å². The Labute approximate surface area is 120 Å². The molecule has 96 valence electrons. The second-order valence-electron chi connectivity index (χ2n) is 4.32. The first-order valence-corrected chi connectivity index (χ1v) is 7.01. The predicted octanol–water partition coefficient (Wildman–Crippen LogP) is 4.14. The molecule has 2 aromatic heterocycles. The SMILES string of the molecule is Cc1ccc(-n2cc(N)c(-c3ccc(Cl)s3)n2)cc1. The highest BCUT2D eigenvalue weighted by atomic mass is 35.5. The van der Waals surface area contributed by atoms with Gasteiger partial charge in [0.25, 0.3) is 0 Å². The van der Waals surface area contributed by atoms with Gasteiger partial charge in [-0.05, 0) is 31.2 Å². The summed E-state index contributed by atoms with van der Waals surface area (Å²) < 4.78 is 2.52. The molecule has 0 saturated carbocycles. The van der Waals surface area contributed by atoms with E-state index in [1.54, 1.807) is 4.68 Å². The molecule has 0 saturated heterocycles. The number of hydrogen-bond acceptors (Lipinski definition) is 3. The van der Waals surface area contributed by atoms with Gasteiger partial charge in [0, 0.05) is 0 Å². The number of thiophene rings is 1. The second-order valence-corrected chi connectivity index (χ2v) is 6.03. The Morgan fingerprint density at radius 2 is 1.89 bits per heavy atom. The fraction of sp³-hybridized carbons (Fsp3) is 0.0714. The van der Waals surface area contributed by atoms with Crippen LogP contribution in [0.1, 0.15) is 5.56 Å². The van der Waals surface area contributed by atoms with Crippen molar-refractivity contribution < 1.29 is 0 Å². The van der Waals surface area contributed by atoms with Crippen molar-refractivity contribution in [1.82, 2.24) is 9.78 Å². The van der Waals surface area contributed by atoms with Gasteiger partial charge in [-0.15, -0.1) is 11.3 Å². The Morgan fingerprint density at radius 1 is 1.16 bits per heavy atom. The van der Waals surface area contributed by atoms with Crippen LogP contribution in [0.2, 0.25) is 4.34 Å². The topological polar surface area (TPSA) is 43.8 Å². The minimum atomic E-state index is 0.652. The van der Waals surface area contributed by atoms with Crippen molar-refractivity contribution in [3.05, 3.63) is 52.5 Å². The van der Waals surface area contributed by atoms with Gasteiger partial charge in [-0.1, -0.05) is 29.3 Å². The van der Waals surface area contributed by atoms with E-state index in [0.717, 1.165) is 20.6 Å². The lowest BCUT2D eigenvalue weighted by molar-refractivity contribution is 0.885. The molecule has 0 aliphatic rings. The third-order valence-corrected chi connectivity index (χ3v) is 4.09. The van der Waals surface area contributed by atoms with Crippen LogP contribution in [0, 0.1) is 6.92 Å². The molecule has 0 spiro atoms. The van der Waals surface area contributed by atoms with E-state index in [1.165, 1.54) is 16.9 Å². The highest BCUT2D eigenvalue weighted by Gasteiger charge is 2.11. The number of benzene rings is 1. The molecular formula is C14H12ClN3S. The Balaban J connectivity index is 2.04. The van der Waals surface area contributed by atoms with Crippen LogP contribution in [0.3, 0.4) is 0 Å². The Bertz CT molecular complexity index is 713. The number of halogens is 1. The average Bonchev–Trinajstić information content (AvgIpc) is 2.96. The highest BCUT2D eigenvalue weighted by molar-refractivity contribution is 7.19. The van der Waals surface area contributed by atoms with Crippen LogP contribution in [0.25, 0.3) is 16.3 Å². The summed E-state index contributed by atoms with van der Waals surface area (Å²) in [6.07, 6.45) is 1.83. The molecule has 0 atom stereocenters. The molecule has 2 heterocycles. The van der Waals surface area contributed by atoms with E-state index in [2.05, 4.69) is 24.2 Å². The summed E-state index contributed by atoms with van der Waals surface area (Å²) in [5, 5.41) is 4.54. The van der Waals surface area contributed by atoms with Gasteiger partial charge in [-0.25, -0.2) is 4.68 Å². The van der Waals surface area contributed by atoms with Crippen LogP contribution in [-0.4, -0.2) is 9.78 Å². The molecule has 0 aliphatic carbocycles. The molecule has 0 aliphatic heterocycles. The van der Waals surface area contributed by atoms with E-state index in [9.17, 15) is 0 Å². The second kappa shape index (κ2) is 4.72. The van der Waals surface area contributed by atoms with Gasteiger partial charge in [-0.3, -0.25) is 0 Å². The van der Waals surface area contributed by atoms with Gasteiger partial charge >= 0.3 is 0 Å². The number of nitrogen functional groups attached to an aromatic ring is 1. The van der Waals surface area contributed by atoms with Crippen molar-refractivity contribution in [2.45, 2.75) is 6.92 Å². The zero-order valence-electron chi connectivity index (χ0n) is 10.3. The maximum Gasteiger partial charge on any atom is 0.126 e. The fourth-order valence-corrected chi connectivity index (χ4v) is 2.90. The molecule has 3 aromatic rings. The van der Waals surface area contributed by atoms with Gasteiger partial charge in [0.2, 0.25) is 0 Å². The fourth-order valence-electron chi connectivity index (χ4n) is 1.85. The Kier molecular flexibility index (Phi) is 3.05. The van der Waals surface area contributed by atoms with E-state index in [-0.39, 0.29) is 0 Å². The zero-order valence-corrected chi connectivity index (χ0v) is 11.9. The number of hydrogen-bond donors (Lipinski definition) is 1. The molecule has 0 fully saturated rings. The van der Waals surface area contributed by atoms with Crippen molar-refractivity contribution in [1.29, 1.82) is 0 Å². The largest absolute Gasteiger partial charge is 0.396 e. The van der Waals surface area contributed by atoms with Crippen LogP contribution in [0.15, 0.2) is 42.6 Å². The number of anilines is 1. The van der Waals surface area contributed by atoms with Crippen molar-refractivity contribution in [2.24, 2.45) is 0 Å². The van der Waals surface area contributed by atoms with E-state index in [1.807, 2.05) is 30.5 Å². The number of rotatable bonds is 2. The average molecular weight is 290 g/mol. The van der Waals surface area contributed by atoms with Gasteiger partial charge in [-0.2, -0.15) is 5.10 Å². The molecule has 3 rings (SSSR count). The lowest BCUT2D eigenvalue weighted by Gasteiger charge is -2.00.